The number of nitrogen functional groups attached to an aromatic ring is 1. The second kappa shape index (κ2) is 5.30. The molecule has 2 aromatic carbocycles. The van der Waals surface area contributed by atoms with Gasteiger partial charge in [0.2, 0.25) is 0 Å². The van der Waals surface area contributed by atoms with Crippen molar-refractivity contribution in [2.24, 2.45) is 0 Å². The number of hydrogen-bond donors (Lipinski definition) is 1. The van der Waals surface area contributed by atoms with Gasteiger partial charge in [-0.1, -0.05) is 29.3 Å². The van der Waals surface area contributed by atoms with E-state index in [4.69, 9.17) is 33.7 Å². The zero-order valence-electron chi connectivity index (χ0n) is 8.99. The number of rotatable bonds is 3. The monoisotopic (exact) mass is 267 g/mol. The molecule has 2 nitrogen and oxygen atoms in total. The highest BCUT2D eigenvalue weighted by molar-refractivity contribution is 6.35. The lowest BCUT2D eigenvalue weighted by Gasteiger charge is -2.09. The molecule has 2 aromatic rings. The largest absolute Gasteiger partial charge is 0.489 e. The van der Waals surface area contributed by atoms with Crippen molar-refractivity contribution in [1.29, 1.82) is 0 Å². The third kappa shape index (κ3) is 3.05. The van der Waals surface area contributed by atoms with Crippen LogP contribution in [0.5, 0.6) is 5.75 Å². The van der Waals surface area contributed by atoms with Crippen LogP contribution in [-0.4, -0.2) is 0 Å². The van der Waals surface area contributed by atoms with Crippen LogP contribution < -0.4 is 10.5 Å². The highest BCUT2D eigenvalue weighted by atomic mass is 35.5. The first kappa shape index (κ1) is 12.1. The smallest absolute Gasteiger partial charge is 0.119 e. The lowest BCUT2D eigenvalue weighted by molar-refractivity contribution is 0.306. The fourth-order valence-corrected chi connectivity index (χ4v) is 1.90. The number of benzene rings is 2. The average molecular weight is 268 g/mol. The molecular weight excluding hydrogens is 257 g/mol. The van der Waals surface area contributed by atoms with Crippen LogP contribution in [0.4, 0.5) is 5.69 Å². The molecule has 0 saturated heterocycles. The summed E-state index contributed by atoms with van der Waals surface area (Å²) in [6, 6.07) is 12.6. The zero-order valence-corrected chi connectivity index (χ0v) is 10.5. The van der Waals surface area contributed by atoms with E-state index >= 15 is 0 Å². The Labute approximate surface area is 110 Å². The summed E-state index contributed by atoms with van der Waals surface area (Å²) in [6.07, 6.45) is 0. The van der Waals surface area contributed by atoms with Gasteiger partial charge in [-0.15, -0.1) is 0 Å². The van der Waals surface area contributed by atoms with Gasteiger partial charge >= 0.3 is 0 Å². The molecule has 0 aliphatic rings. The van der Waals surface area contributed by atoms with E-state index in [0.717, 1.165) is 11.3 Å². The maximum Gasteiger partial charge on any atom is 0.119 e. The second-order valence-electron chi connectivity index (χ2n) is 3.56. The molecule has 0 radical (unpaired) electrons. The van der Waals surface area contributed by atoms with Gasteiger partial charge in [-0.3, -0.25) is 0 Å². The van der Waals surface area contributed by atoms with Crippen LogP contribution in [0.1, 0.15) is 5.56 Å². The van der Waals surface area contributed by atoms with E-state index in [0.29, 0.717) is 22.3 Å². The summed E-state index contributed by atoms with van der Waals surface area (Å²) < 4.78 is 5.58. The van der Waals surface area contributed by atoms with E-state index in [9.17, 15) is 0 Å². The summed E-state index contributed by atoms with van der Waals surface area (Å²) in [5.41, 5.74) is 7.07. The molecule has 0 spiro atoms. The highest BCUT2D eigenvalue weighted by Crippen LogP contribution is 2.25. The Bertz CT molecular complexity index is 491. The van der Waals surface area contributed by atoms with Crippen LogP contribution in [0.25, 0.3) is 0 Å². The number of ether oxygens (including phenoxy) is 1. The van der Waals surface area contributed by atoms with Gasteiger partial charge < -0.3 is 10.5 Å². The van der Waals surface area contributed by atoms with Crippen molar-refractivity contribution in [3.05, 3.63) is 58.1 Å². The normalized spacial score (nSPS) is 10.2. The number of anilines is 1. The fraction of sp³-hybridized carbons (Fsp3) is 0.0769. The van der Waals surface area contributed by atoms with Crippen molar-refractivity contribution in [3.8, 4) is 5.75 Å². The molecule has 17 heavy (non-hydrogen) atoms. The van der Waals surface area contributed by atoms with Crippen LogP contribution in [0.15, 0.2) is 42.5 Å². The van der Waals surface area contributed by atoms with Gasteiger partial charge in [-0.25, -0.2) is 0 Å². The predicted octanol–water partition coefficient (Wildman–Crippen LogP) is 4.15. The molecule has 0 amide bonds. The first-order valence-corrected chi connectivity index (χ1v) is 5.83. The Kier molecular flexibility index (Phi) is 3.77. The first-order chi connectivity index (χ1) is 8.16. The Morgan fingerprint density at radius 3 is 2.12 bits per heavy atom. The topological polar surface area (TPSA) is 35.2 Å². The number of halogens is 2. The lowest BCUT2D eigenvalue weighted by Crippen LogP contribution is -1.97. The van der Waals surface area contributed by atoms with E-state index in [1.165, 1.54) is 0 Å². The molecule has 4 heteroatoms. The molecule has 0 aromatic heterocycles. The second-order valence-corrected chi connectivity index (χ2v) is 4.37. The number of nitrogens with two attached hydrogens (primary N) is 1. The predicted molar refractivity (Wildman–Crippen MR) is 71.6 cm³/mol. The molecule has 0 unspecified atom stereocenters. The summed E-state index contributed by atoms with van der Waals surface area (Å²) in [7, 11) is 0. The van der Waals surface area contributed by atoms with E-state index in [1.807, 2.05) is 0 Å². The average Bonchev–Trinajstić information content (AvgIpc) is 2.31. The van der Waals surface area contributed by atoms with E-state index in [-0.39, 0.29) is 0 Å². The summed E-state index contributed by atoms with van der Waals surface area (Å²) in [4.78, 5) is 0. The molecule has 0 atom stereocenters. The van der Waals surface area contributed by atoms with Gasteiger partial charge in [0.15, 0.2) is 0 Å². The highest BCUT2D eigenvalue weighted by Gasteiger charge is 2.05. The van der Waals surface area contributed by atoms with Crippen molar-refractivity contribution in [1.82, 2.24) is 0 Å². The van der Waals surface area contributed by atoms with Crippen molar-refractivity contribution < 1.29 is 4.74 Å². The number of hydrogen-bond acceptors (Lipinski definition) is 2. The Hall–Kier alpha value is -1.38. The maximum absolute atomic E-state index is 6.04. The molecule has 2 rings (SSSR count). The van der Waals surface area contributed by atoms with Gasteiger partial charge in [0.1, 0.15) is 12.4 Å². The van der Waals surface area contributed by atoms with Gasteiger partial charge in [-0.05, 0) is 36.4 Å². The minimum absolute atomic E-state index is 0.336. The minimum atomic E-state index is 0.336. The molecule has 0 fully saturated rings. The van der Waals surface area contributed by atoms with Crippen LogP contribution in [0.3, 0.4) is 0 Å². The first-order valence-electron chi connectivity index (χ1n) is 5.08. The van der Waals surface area contributed by atoms with Crippen molar-refractivity contribution in [2.75, 3.05) is 5.73 Å². The van der Waals surface area contributed by atoms with Crippen molar-refractivity contribution >= 4 is 28.9 Å². The van der Waals surface area contributed by atoms with Crippen molar-refractivity contribution in [3.63, 3.8) is 0 Å². The van der Waals surface area contributed by atoms with E-state index in [2.05, 4.69) is 0 Å². The van der Waals surface area contributed by atoms with Crippen LogP contribution in [-0.2, 0) is 6.61 Å². The Morgan fingerprint density at radius 1 is 0.941 bits per heavy atom. The SMILES string of the molecule is Nc1ccc(OCc2c(Cl)cccc2Cl)cc1. The molecule has 0 heterocycles. The third-order valence-electron chi connectivity index (χ3n) is 2.32. The summed E-state index contributed by atoms with van der Waals surface area (Å²) in [6.45, 7) is 0.336. The summed E-state index contributed by atoms with van der Waals surface area (Å²) >= 11 is 12.1. The fourth-order valence-electron chi connectivity index (χ4n) is 1.39. The summed E-state index contributed by atoms with van der Waals surface area (Å²) in [5, 5.41) is 1.21. The zero-order chi connectivity index (χ0) is 12.3. The van der Waals surface area contributed by atoms with Crippen LogP contribution in [0.2, 0.25) is 10.0 Å². The minimum Gasteiger partial charge on any atom is -0.489 e. The maximum atomic E-state index is 6.04. The summed E-state index contributed by atoms with van der Waals surface area (Å²) in [5.74, 6) is 0.732. The van der Waals surface area contributed by atoms with Gasteiger partial charge in [0.25, 0.3) is 0 Å². The van der Waals surface area contributed by atoms with Crippen LogP contribution >= 0.6 is 23.2 Å². The van der Waals surface area contributed by atoms with E-state index in [1.54, 1.807) is 42.5 Å². The molecule has 0 saturated carbocycles. The standard InChI is InChI=1S/C13H11Cl2NO/c14-12-2-1-3-13(15)11(12)8-17-10-6-4-9(16)5-7-10/h1-7H,8,16H2. The quantitative estimate of drug-likeness (QED) is 0.848. The Balaban J connectivity index is 2.10. The molecular formula is C13H11Cl2NO. The third-order valence-corrected chi connectivity index (χ3v) is 3.03. The van der Waals surface area contributed by atoms with Gasteiger partial charge in [0.05, 0.1) is 0 Å². The molecule has 0 aliphatic heterocycles. The molecule has 0 aliphatic carbocycles. The molecule has 88 valence electrons. The molecule has 0 bridgehead atoms. The van der Waals surface area contributed by atoms with Crippen molar-refractivity contribution in [2.45, 2.75) is 6.61 Å². The van der Waals surface area contributed by atoms with Crippen LogP contribution in [0, 0.1) is 0 Å². The Morgan fingerprint density at radius 2 is 1.53 bits per heavy atom. The molecule has 2 N–H and O–H groups in total. The van der Waals surface area contributed by atoms with Gasteiger partial charge in [-0.2, -0.15) is 0 Å². The van der Waals surface area contributed by atoms with E-state index < -0.39 is 0 Å². The lowest BCUT2D eigenvalue weighted by atomic mass is 10.2. The van der Waals surface area contributed by atoms with Gasteiger partial charge in [0, 0.05) is 21.3 Å².